The number of methoxy groups -OCH3 is 2. The molecule has 2 rings (SSSR count). The normalized spacial score (nSPS) is 17.1. The van der Waals surface area contributed by atoms with Crippen LogP contribution in [0.4, 0.5) is 0 Å². The summed E-state index contributed by atoms with van der Waals surface area (Å²) in [4.78, 5) is 12.8. The Balaban J connectivity index is 2.28. The molecule has 0 atom stereocenters. The third-order valence-corrected chi connectivity index (χ3v) is 6.25. The fourth-order valence-corrected chi connectivity index (χ4v) is 4.61. The molecule has 25 heavy (non-hydrogen) atoms. The Bertz CT molecular complexity index is 734. The lowest BCUT2D eigenvalue weighted by Gasteiger charge is -2.22. The molecule has 8 nitrogen and oxygen atoms in total. The number of aryl methyl sites for hydroxylation is 1. The number of carbonyl (C=O) groups is 1. The molecule has 140 valence electrons. The second kappa shape index (κ2) is 8.03. The Labute approximate surface area is 148 Å². The van der Waals surface area contributed by atoms with Crippen molar-refractivity contribution in [2.75, 3.05) is 46.9 Å². The average Bonchev–Trinajstić information content (AvgIpc) is 2.79. The topological polar surface area (TPSA) is 96.4 Å². The van der Waals surface area contributed by atoms with E-state index in [9.17, 15) is 13.2 Å². The highest BCUT2D eigenvalue weighted by atomic mass is 32.2. The second-order valence-electron chi connectivity index (χ2n) is 5.90. The molecule has 0 aromatic heterocycles. The Morgan fingerprint density at radius 1 is 1.12 bits per heavy atom. The minimum Gasteiger partial charge on any atom is -0.493 e. The lowest BCUT2D eigenvalue weighted by atomic mass is 10.2. The van der Waals surface area contributed by atoms with Crippen LogP contribution in [-0.4, -0.2) is 75.6 Å². The van der Waals surface area contributed by atoms with Crippen LogP contribution in [0.1, 0.15) is 12.0 Å². The maximum atomic E-state index is 13.1. The number of ether oxygens (including phenoxy) is 2. The van der Waals surface area contributed by atoms with Crippen molar-refractivity contribution in [2.24, 2.45) is 0 Å². The van der Waals surface area contributed by atoms with Gasteiger partial charge in [-0.3, -0.25) is 9.69 Å². The average molecular weight is 372 g/mol. The maximum Gasteiger partial charge on any atom is 0.317 e. The molecular weight excluding hydrogens is 348 g/mol. The van der Waals surface area contributed by atoms with Gasteiger partial charge in [0, 0.05) is 32.2 Å². The molecule has 1 aromatic carbocycles. The number of carboxylic acids is 1. The van der Waals surface area contributed by atoms with Crippen LogP contribution in [0.25, 0.3) is 0 Å². The van der Waals surface area contributed by atoms with E-state index in [4.69, 9.17) is 14.6 Å². The SMILES string of the molecule is COc1cc(C)c(S(=O)(=O)N2CCCN(CC(=O)O)CC2)cc1OC. The summed E-state index contributed by atoms with van der Waals surface area (Å²) >= 11 is 0. The summed E-state index contributed by atoms with van der Waals surface area (Å²) in [5.74, 6) is -0.0801. The summed E-state index contributed by atoms with van der Waals surface area (Å²) in [6.07, 6.45) is 0.582. The summed E-state index contributed by atoms with van der Waals surface area (Å²) in [7, 11) is -0.747. The second-order valence-corrected chi connectivity index (χ2v) is 7.81. The van der Waals surface area contributed by atoms with Crippen molar-refractivity contribution in [3.05, 3.63) is 17.7 Å². The third kappa shape index (κ3) is 4.42. The third-order valence-electron chi connectivity index (χ3n) is 4.21. The van der Waals surface area contributed by atoms with E-state index in [0.29, 0.717) is 43.1 Å². The van der Waals surface area contributed by atoms with E-state index in [1.165, 1.54) is 24.6 Å². The molecule has 9 heteroatoms. The molecule has 0 aliphatic carbocycles. The van der Waals surface area contributed by atoms with Crippen LogP contribution in [-0.2, 0) is 14.8 Å². The van der Waals surface area contributed by atoms with Crippen molar-refractivity contribution in [1.29, 1.82) is 0 Å². The van der Waals surface area contributed by atoms with Crippen LogP contribution in [0.5, 0.6) is 11.5 Å². The van der Waals surface area contributed by atoms with Crippen molar-refractivity contribution in [1.82, 2.24) is 9.21 Å². The number of hydrogen-bond donors (Lipinski definition) is 1. The largest absolute Gasteiger partial charge is 0.493 e. The van der Waals surface area contributed by atoms with Gasteiger partial charge in [0.1, 0.15) is 0 Å². The minimum atomic E-state index is -3.70. The highest BCUT2D eigenvalue weighted by Crippen LogP contribution is 2.33. The van der Waals surface area contributed by atoms with Crippen LogP contribution in [0.2, 0.25) is 0 Å². The molecule has 1 aliphatic heterocycles. The van der Waals surface area contributed by atoms with E-state index in [1.54, 1.807) is 17.9 Å². The van der Waals surface area contributed by atoms with Crippen molar-refractivity contribution in [3.8, 4) is 11.5 Å². The Morgan fingerprint density at radius 3 is 2.36 bits per heavy atom. The summed E-state index contributed by atoms with van der Waals surface area (Å²) in [6.45, 7) is 3.18. The molecule has 0 bridgehead atoms. The summed E-state index contributed by atoms with van der Waals surface area (Å²) in [5.41, 5.74) is 0.573. The van der Waals surface area contributed by atoms with Gasteiger partial charge in [-0.1, -0.05) is 0 Å². The standard InChI is InChI=1S/C16H24N2O6S/c1-12-9-13(23-2)14(24-3)10-15(12)25(21,22)18-6-4-5-17(7-8-18)11-16(19)20/h9-10H,4-8,11H2,1-3H3,(H,19,20). The number of hydrogen-bond acceptors (Lipinski definition) is 6. The van der Waals surface area contributed by atoms with Gasteiger partial charge in [-0.15, -0.1) is 0 Å². The predicted octanol–water partition coefficient (Wildman–Crippen LogP) is 0.793. The molecule has 1 saturated heterocycles. The molecule has 0 spiro atoms. The molecular formula is C16H24N2O6S. The smallest absolute Gasteiger partial charge is 0.317 e. The van der Waals surface area contributed by atoms with E-state index in [1.807, 2.05) is 0 Å². The first-order valence-electron chi connectivity index (χ1n) is 7.96. The van der Waals surface area contributed by atoms with E-state index >= 15 is 0 Å². The molecule has 0 unspecified atom stereocenters. The Hall–Kier alpha value is -1.84. The number of sulfonamides is 1. The van der Waals surface area contributed by atoms with Crippen LogP contribution in [0, 0.1) is 6.92 Å². The zero-order chi connectivity index (χ0) is 18.6. The Morgan fingerprint density at radius 2 is 1.76 bits per heavy atom. The first-order chi connectivity index (χ1) is 11.8. The van der Waals surface area contributed by atoms with E-state index in [0.717, 1.165) is 0 Å². The number of aliphatic carboxylic acids is 1. The fourth-order valence-electron chi connectivity index (χ4n) is 2.92. The van der Waals surface area contributed by atoms with Gasteiger partial charge >= 0.3 is 5.97 Å². The predicted molar refractivity (Wildman–Crippen MR) is 91.7 cm³/mol. The Kier molecular flexibility index (Phi) is 6.26. The fraction of sp³-hybridized carbons (Fsp3) is 0.562. The van der Waals surface area contributed by atoms with Gasteiger partial charge in [0.25, 0.3) is 0 Å². The summed E-state index contributed by atoms with van der Waals surface area (Å²) in [5, 5.41) is 8.91. The zero-order valence-corrected chi connectivity index (χ0v) is 15.5. The number of rotatable bonds is 6. The van der Waals surface area contributed by atoms with Crippen LogP contribution in [0.15, 0.2) is 17.0 Å². The van der Waals surface area contributed by atoms with Crippen molar-refractivity contribution in [3.63, 3.8) is 0 Å². The highest BCUT2D eigenvalue weighted by molar-refractivity contribution is 7.89. The van der Waals surface area contributed by atoms with E-state index in [2.05, 4.69) is 0 Å². The number of nitrogens with zero attached hydrogens (tertiary/aromatic N) is 2. The lowest BCUT2D eigenvalue weighted by molar-refractivity contribution is -0.138. The summed E-state index contributed by atoms with van der Waals surface area (Å²) < 4.78 is 37.9. The molecule has 1 heterocycles. The van der Waals surface area contributed by atoms with E-state index in [-0.39, 0.29) is 18.0 Å². The van der Waals surface area contributed by atoms with Crippen LogP contribution in [0.3, 0.4) is 0 Å². The quantitative estimate of drug-likeness (QED) is 0.789. The van der Waals surface area contributed by atoms with Gasteiger partial charge in [0.15, 0.2) is 11.5 Å². The van der Waals surface area contributed by atoms with Crippen LogP contribution < -0.4 is 9.47 Å². The summed E-state index contributed by atoms with van der Waals surface area (Å²) in [6, 6.07) is 3.11. The first-order valence-corrected chi connectivity index (χ1v) is 9.40. The highest BCUT2D eigenvalue weighted by Gasteiger charge is 2.29. The van der Waals surface area contributed by atoms with Crippen molar-refractivity contribution in [2.45, 2.75) is 18.2 Å². The number of carboxylic acid groups (broad SMARTS) is 1. The van der Waals surface area contributed by atoms with Gasteiger partial charge in [0.05, 0.1) is 25.7 Å². The van der Waals surface area contributed by atoms with E-state index < -0.39 is 16.0 Å². The molecule has 0 saturated carbocycles. The van der Waals surface area contributed by atoms with Crippen molar-refractivity contribution >= 4 is 16.0 Å². The molecule has 1 N–H and O–H groups in total. The molecule has 1 fully saturated rings. The van der Waals surface area contributed by atoms with Gasteiger partial charge in [-0.05, 0) is 25.0 Å². The molecule has 1 aromatic rings. The first kappa shape index (κ1) is 19.5. The molecule has 0 amide bonds. The maximum absolute atomic E-state index is 13.1. The lowest BCUT2D eigenvalue weighted by Crippen LogP contribution is -2.36. The van der Waals surface area contributed by atoms with Gasteiger partial charge in [-0.2, -0.15) is 4.31 Å². The minimum absolute atomic E-state index is 0.0801. The molecule has 1 aliphatic rings. The van der Waals surface area contributed by atoms with Gasteiger partial charge in [-0.25, -0.2) is 8.42 Å². The monoisotopic (exact) mass is 372 g/mol. The number of benzene rings is 1. The molecule has 0 radical (unpaired) electrons. The van der Waals surface area contributed by atoms with Crippen molar-refractivity contribution < 1.29 is 27.8 Å². The van der Waals surface area contributed by atoms with Gasteiger partial charge in [0.2, 0.25) is 10.0 Å². The van der Waals surface area contributed by atoms with Crippen LogP contribution >= 0.6 is 0 Å². The van der Waals surface area contributed by atoms with Gasteiger partial charge < -0.3 is 14.6 Å². The zero-order valence-electron chi connectivity index (χ0n) is 14.7.